The predicted octanol–water partition coefficient (Wildman–Crippen LogP) is 5.55. The van der Waals surface area contributed by atoms with Gasteiger partial charge in [-0.15, -0.1) is 0 Å². The van der Waals surface area contributed by atoms with Crippen LogP contribution in [0.15, 0.2) is 74.3 Å². The first-order chi connectivity index (χ1) is 15.9. The molecule has 1 aromatic heterocycles. The van der Waals surface area contributed by atoms with Gasteiger partial charge in [0.15, 0.2) is 16.9 Å². The number of benzene rings is 3. The minimum absolute atomic E-state index is 0.0491. The Morgan fingerprint density at radius 1 is 1.09 bits per heavy atom. The summed E-state index contributed by atoms with van der Waals surface area (Å²) < 4.78 is 26.1. The lowest BCUT2D eigenvalue weighted by Gasteiger charge is -2.25. The molecule has 1 unspecified atom stereocenters. The number of ether oxygens (including phenoxy) is 1. The lowest BCUT2D eigenvalue weighted by molar-refractivity contribution is 0.0971. The van der Waals surface area contributed by atoms with Crippen molar-refractivity contribution in [2.45, 2.75) is 13.0 Å². The van der Waals surface area contributed by atoms with E-state index in [1.165, 1.54) is 23.1 Å². The number of phenols is 1. The minimum atomic E-state index is -0.864. The second-order valence-electron chi connectivity index (χ2n) is 7.53. The van der Waals surface area contributed by atoms with Gasteiger partial charge in [0.05, 0.1) is 23.6 Å². The molecule has 0 radical (unpaired) electrons. The fraction of sp³-hybridized carbons (Fsp3) is 0.120. The van der Waals surface area contributed by atoms with Gasteiger partial charge < -0.3 is 14.3 Å². The Morgan fingerprint density at radius 3 is 2.58 bits per heavy atom. The molecule has 5 rings (SSSR count). The van der Waals surface area contributed by atoms with E-state index >= 15 is 0 Å². The molecule has 0 bridgehead atoms. The zero-order chi connectivity index (χ0) is 23.3. The number of aromatic hydroxyl groups is 1. The first-order valence-electron chi connectivity index (χ1n) is 10.2. The van der Waals surface area contributed by atoms with Crippen LogP contribution in [0.2, 0.25) is 0 Å². The monoisotopic (exact) mass is 509 g/mol. The topological polar surface area (TPSA) is 80.0 Å². The summed E-state index contributed by atoms with van der Waals surface area (Å²) in [4.78, 5) is 28.5. The molecular formula is C25H17BrFNO5. The van der Waals surface area contributed by atoms with Gasteiger partial charge in [0.25, 0.3) is 5.91 Å². The lowest BCUT2D eigenvalue weighted by atomic mass is 9.97. The van der Waals surface area contributed by atoms with Crippen molar-refractivity contribution in [1.29, 1.82) is 0 Å². The maximum atomic E-state index is 13.9. The third-order valence-corrected chi connectivity index (χ3v) is 6.07. The molecule has 1 aliphatic rings. The molecule has 166 valence electrons. The van der Waals surface area contributed by atoms with Gasteiger partial charge in [0.1, 0.15) is 11.4 Å². The molecule has 0 spiro atoms. The highest BCUT2D eigenvalue weighted by molar-refractivity contribution is 9.10. The largest absolute Gasteiger partial charge is 0.504 e. The van der Waals surface area contributed by atoms with Crippen molar-refractivity contribution < 1.29 is 23.4 Å². The highest BCUT2D eigenvalue weighted by Crippen LogP contribution is 2.43. The summed E-state index contributed by atoms with van der Waals surface area (Å²) in [5.74, 6) is -1.01. The average Bonchev–Trinajstić information content (AvgIpc) is 3.09. The Morgan fingerprint density at radius 2 is 1.85 bits per heavy atom. The highest BCUT2D eigenvalue weighted by Gasteiger charge is 2.44. The normalized spacial score (nSPS) is 15.2. The van der Waals surface area contributed by atoms with Crippen LogP contribution in [-0.2, 0) is 0 Å². The molecular weight excluding hydrogens is 493 g/mol. The van der Waals surface area contributed by atoms with Gasteiger partial charge in [-0.3, -0.25) is 14.5 Å². The smallest absolute Gasteiger partial charge is 0.295 e. The van der Waals surface area contributed by atoms with E-state index in [2.05, 4.69) is 15.9 Å². The summed E-state index contributed by atoms with van der Waals surface area (Å²) in [6, 6.07) is 14.5. The Labute approximate surface area is 196 Å². The number of halogens is 2. The van der Waals surface area contributed by atoms with Crippen molar-refractivity contribution in [3.8, 4) is 11.5 Å². The fourth-order valence-corrected chi connectivity index (χ4v) is 4.36. The molecule has 0 fully saturated rings. The van der Waals surface area contributed by atoms with Crippen LogP contribution in [0.1, 0.15) is 34.6 Å². The van der Waals surface area contributed by atoms with Gasteiger partial charge in [-0.25, -0.2) is 4.39 Å². The Balaban J connectivity index is 1.80. The quantitative estimate of drug-likeness (QED) is 0.390. The molecule has 1 N–H and O–H groups in total. The molecule has 4 aromatic rings. The second-order valence-corrected chi connectivity index (χ2v) is 8.44. The zero-order valence-electron chi connectivity index (χ0n) is 17.3. The van der Waals surface area contributed by atoms with Crippen LogP contribution in [0.25, 0.3) is 11.0 Å². The number of anilines is 1. The number of fused-ring (bicyclic) bond motifs is 2. The number of rotatable bonds is 4. The lowest BCUT2D eigenvalue weighted by Crippen LogP contribution is -2.29. The zero-order valence-corrected chi connectivity index (χ0v) is 18.9. The number of nitrogens with zero attached hydrogens (tertiary/aromatic N) is 1. The number of amides is 1. The third-order valence-electron chi connectivity index (χ3n) is 5.54. The number of carbonyl (C=O) groups excluding carboxylic acids is 1. The van der Waals surface area contributed by atoms with Crippen molar-refractivity contribution in [2.75, 3.05) is 11.5 Å². The number of carbonyl (C=O) groups is 1. The number of phenolic OH excluding ortho intramolecular Hbond substituents is 1. The van der Waals surface area contributed by atoms with E-state index in [1.807, 2.05) is 0 Å². The molecule has 6 nitrogen and oxygen atoms in total. The van der Waals surface area contributed by atoms with Crippen LogP contribution in [0, 0.1) is 5.82 Å². The van der Waals surface area contributed by atoms with Gasteiger partial charge in [0.2, 0.25) is 5.76 Å². The summed E-state index contributed by atoms with van der Waals surface area (Å²) in [6.07, 6.45) is 0. The van der Waals surface area contributed by atoms with Gasteiger partial charge in [-0.1, -0.05) is 22.0 Å². The summed E-state index contributed by atoms with van der Waals surface area (Å²) in [5, 5.41) is 10.2. The van der Waals surface area contributed by atoms with Crippen molar-refractivity contribution in [3.05, 3.63) is 98.1 Å². The van der Waals surface area contributed by atoms with E-state index in [4.69, 9.17) is 9.15 Å². The molecule has 2 heterocycles. The molecule has 1 amide bonds. The van der Waals surface area contributed by atoms with Gasteiger partial charge in [-0.05, 0) is 67.1 Å². The average molecular weight is 510 g/mol. The van der Waals surface area contributed by atoms with E-state index in [9.17, 15) is 19.1 Å². The maximum Gasteiger partial charge on any atom is 0.295 e. The predicted molar refractivity (Wildman–Crippen MR) is 125 cm³/mol. The van der Waals surface area contributed by atoms with E-state index in [0.717, 1.165) is 10.5 Å². The summed E-state index contributed by atoms with van der Waals surface area (Å²) in [5.41, 5.74) is 0.823. The van der Waals surface area contributed by atoms with Crippen molar-refractivity contribution in [2.24, 2.45) is 0 Å². The Bertz CT molecular complexity index is 1460. The van der Waals surface area contributed by atoms with Gasteiger partial charge in [0, 0.05) is 10.2 Å². The third kappa shape index (κ3) is 3.47. The van der Waals surface area contributed by atoms with Crippen LogP contribution in [0.4, 0.5) is 10.1 Å². The first-order valence-corrected chi connectivity index (χ1v) is 11.0. The molecule has 1 aliphatic heterocycles. The number of hydrogen-bond donors (Lipinski definition) is 1. The van der Waals surface area contributed by atoms with Gasteiger partial charge in [-0.2, -0.15) is 0 Å². The van der Waals surface area contributed by atoms with Gasteiger partial charge >= 0.3 is 0 Å². The molecule has 8 heteroatoms. The summed E-state index contributed by atoms with van der Waals surface area (Å²) >= 11 is 3.39. The molecule has 0 aliphatic carbocycles. The molecule has 0 saturated carbocycles. The molecule has 0 saturated heterocycles. The van der Waals surface area contributed by atoms with Crippen LogP contribution < -0.4 is 15.1 Å². The summed E-state index contributed by atoms with van der Waals surface area (Å²) in [7, 11) is 0. The number of hydrogen-bond acceptors (Lipinski definition) is 5. The van der Waals surface area contributed by atoms with Crippen molar-refractivity contribution in [3.63, 3.8) is 0 Å². The van der Waals surface area contributed by atoms with E-state index in [0.29, 0.717) is 17.9 Å². The molecule has 3 aromatic carbocycles. The minimum Gasteiger partial charge on any atom is -0.504 e. The summed E-state index contributed by atoms with van der Waals surface area (Å²) in [6.45, 7) is 2.10. The fourth-order valence-electron chi connectivity index (χ4n) is 4.10. The highest BCUT2D eigenvalue weighted by atomic mass is 79.9. The van der Waals surface area contributed by atoms with E-state index < -0.39 is 23.2 Å². The Kier molecular flexibility index (Phi) is 5.17. The van der Waals surface area contributed by atoms with Crippen LogP contribution in [-0.4, -0.2) is 17.6 Å². The second kappa shape index (κ2) is 8.04. The van der Waals surface area contributed by atoms with E-state index in [-0.39, 0.29) is 33.8 Å². The SMILES string of the molecule is CCOc1cc(C2c3c(oc4ccc(F)cc4c3=O)C(=O)N2c2ccc(Br)cc2)ccc1O. The molecule has 1 atom stereocenters. The van der Waals surface area contributed by atoms with Crippen molar-refractivity contribution in [1.82, 2.24) is 0 Å². The Hall–Kier alpha value is -3.65. The maximum absolute atomic E-state index is 13.9. The van der Waals surface area contributed by atoms with Crippen LogP contribution in [0.5, 0.6) is 11.5 Å². The van der Waals surface area contributed by atoms with Crippen molar-refractivity contribution >= 4 is 38.5 Å². The standard InChI is InChI=1S/C25H17BrFNO5/c1-2-32-20-11-13(3-9-18(20)29)22-21-23(30)17-12-15(27)6-10-19(17)33-24(21)25(31)28(22)16-7-4-14(26)5-8-16/h3-12,22,29H,2H2,1H3. The first kappa shape index (κ1) is 21.2. The van der Waals surface area contributed by atoms with E-state index in [1.54, 1.807) is 43.3 Å². The van der Waals surface area contributed by atoms with Crippen LogP contribution >= 0.6 is 15.9 Å². The molecule has 33 heavy (non-hydrogen) atoms. The van der Waals surface area contributed by atoms with Crippen LogP contribution in [0.3, 0.4) is 0 Å².